The van der Waals surface area contributed by atoms with Crippen LogP contribution in [0.5, 0.6) is 5.75 Å². The number of benzene rings is 2. The molecule has 1 saturated heterocycles. The summed E-state index contributed by atoms with van der Waals surface area (Å²) >= 11 is 0. The monoisotopic (exact) mass is 349 g/mol. The summed E-state index contributed by atoms with van der Waals surface area (Å²) in [6.45, 7) is 1.63. The van der Waals surface area contributed by atoms with E-state index in [0.29, 0.717) is 36.8 Å². The zero-order valence-electron chi connectivity index (χ0n) is 14.0. The van der Waals surface area contributed by atoms with E-state index in [-0.39, 0.29) is 5.82 Å². The maximum absolute atomic E-state index is 13.6. The maximum atomic E-state index is 13.6. The highest BCUT2D eigenvalue weighted by Gasteiger charge is 2.14. The fourth-order valence-corrected chi connectivity index (χ4v) is 3.17. The number of rotatable bonds is 7. The third-order valence-electron chi connectivity index (χ3n) is 4.58. The summed E-state index contributed by atoms with van der Waals surface area (Å²) in [6, 6.07) is 8.80. The fraction of sp³-hybridized carbons (Fsp3) is 0.400. The summed E-state index contributed by atoms with van der Waals surface area (Å²) in [5.74, 6) is -1.40. The van der Waals surface area contributed by atoms with Crippen molar-refractivity contribution in [2.24, 2.45) is 0 Å². The van der Waals surface area contributed by atoms with Crippen molar-refractivity contribution in [3.05, 3.63) is 65.0 Å². The van der Waals surface area contributed by atoms with Crippen LogP contribution >= 0.6 is 0 Å². The number of aryl methyl sites for hydroxylation is 2. The molecule has 3 rings (SSSR count). The minimum Gasteiger partial charge on any atom is -0.493 e. The Morgan fingerprint density at radius 1 is 1.00 bits per heavy atom. The zero-order chi connectivity index (χ0) is 17.6. The van der Waals surface area contributed by atoms with Crippen molar-refractivity contribution in [2.45, 2.75) is 38.1 Å². The molecule has 2 aromatic carbocycles. The smallest absolute Gasteiger partial charge is 0.159 e. The Bertz CT molecular complexity index is 714. The summed E-state index contributed by atoms with van der Waals surface area (Å²) in [5, 5.41) is 3.42. The van der Waals surface area contributed by atoms with E-state index in [1.54, 1.807) is 12.1 Å². The van der Waals surface area contributed by atoms with Crippen LogP contribution in [-0.4, -0.2) is 19.2 Å². The summed E-state index contributed by atoms with van der Waals surface area (Å²) in [6.07, 6.45) is 4.26. The predicted molar refractivity (Wildman–Crippen MR) is 91.3 cm³/mol. The Morgan fingerprint density at radius 2 is 1.88 bits per heavy atom. The van der Waals surface area contributed by atoms with Gasteiger partial charge >= 0.3 is 0 Å². The summed E-state index contributed by atoms with van der Waals surface area (Å²) < 4.78 is 45.7. The van der Waals surface area contributed by atoms with E-state index in [1.165, 1.54) is 24.6 Å². The van der Waals surface area contributed by atoms with Crippen LogP contribution < -0.4 is 10.1 Å². The highest BCUT2D eigenvalue weighted by Crippen LogP contribution is 2.23. The Morgan fingerprint density at radius 3 is 2.64 bits per heavy atom. The highest BCUT2D eigenvalue weighted by atomic mass is 19.2. The molecule has 5 heteroatoms. The van der Waals surface area contributed by atoms with Crippen LogP contribution in [0.3, 0.4) is 0 Å². The molecular formula is C20H22F3NO. The van der Waals surface area contributed by atoms with Crippen molar-refractivity contribution >= 4 is 0 Å². The lowest BCUT2D eigenvalue weighted by molar-refractivity contribution is 0.289. The SMILES string of the molecule is Fc1ccc(OCCC2CCCN2)c(CCc2ccc(F)c(F)c2)c1. The Hall–Kier alpha value is -2.01. The Balaban J connectivity index is 1.60. The first kappa shape index (κ1) is 17.8. The normalized spacial score (nSPS) is 17.0. The van der Waals surface area contributed by atoms with Crippen molar-refractivity contribution in [2.75, 3.05) is 13.2 Å². The number of halogens is 3. The van der Waals surface area contributed by atoms with Crippen LogP contribution in [0.4, 0.5) is 13.2 Å². The molecule has 0 aliphatic carbocycles. The minimum atomic E-state index is -0.864. The van der Waals surface area contributed by atoms with Crippen LogP contribution in [0.25, 0.3) is 0 Å². The summed E-state index contributed by atoms with van der Waals surface area (Å²) in [4.78, 5) is 0. The van der Waals surface area contributed by atoms with Crippen LogP contribution in [-0.2, 0) is 12.8 Å². The second-order valence-electron chi connectivity index (χ2n) is 6.43. The Kier molecular flexibility index (Phi) is 5.97. The number of nitrogens with one attached hydrogen (secondary N) is 1. The second-order valence-corrected chi connectivity index (χ2v) is 6.43. The number of hydrogen-bond donors (Lipinski definition) is 1. The first-order valence-corrected chi connectivity index (χ1v) is 8.70. The van der Waals surface area contributed by atoms with Crippen molar-refractivity contribution < 1.29 is 17.9 Å². The average molecular weight is 349 g/mol. The molecule has 1 fully saturated rings. The van der Waals surface area contributed by atoms with E-state index in [1.807, 2.05) is 0 Å². The lowest BCUT2D eigenvalue weighted by atomic mass is 10.0. The van der Waals surface area contributed by atoms with Crippen molar-refractivity contribution in [3.8, 4) is 5.75 Å². The van der Waals surface area contributed by atoms with Gasteiger partial charge in [0, 0.05) is 6.04 Å². The predicted octanol–water partition coefficient (Wildman–Crippen LogP) is 4.41. The van der Waals surface area contributed by atoms with Crippen LogP contribution in [0.1, 0.15) is 30.4 Å². The molecule has 2 aromatic rings. The van der Waals surface area contributed by atoms with Crippen molar-refractivity contribution in [1.29, 1.82) is 0 Å². The largest absolute Gasteiger partial charge is 0.493 e. The molecule has 0 saturated carbocycles. The highest BCUT2D eigenvalue weighted by molar-refractivity contribution is 5.35. The van der Waals surface area contributed by atoms with E-state index in [0.717, 1.165) is 31.0 Å². The third-order valence-corrected chi connectivity index (χ3v) is 4.58. The minimum absolute atomic E-state index is 0.329. The zero-order valence-corrected chi connectivity index (χ0v) is 14.0. The molecule has 1 aliphatic heterocycles. The molecule has 134 valence electrons. The Labute approximate surface area is 146 Å². The van der Waals surface area contributed by atoms with Gasteiger partial charge in [0.2, 0.25) is 0 Å². The summed E-state index contributed by atoms with van der Waals surface area (Å²) in [7, 11) is 0. The first-order chi connectivity index (χ1) is 12.1. The van der Waals surface area contributed by atoms with E-state index in [4.69, 9.17) is 4.74 Å². The maximum Gasteiger partial charge on any atom is 0.159 e. The molecular weight excluding hydrogens is 327 g/mol. The van der Waals surface area contributed by atoms with E-state index >= 15 is 0 Å². The van der Waals surface area contributed by atoms with Gasteiger partial charge < -0.3 is 10.1 Å². The average Bonchev–Trinajstić information content (AvgIpc) is 3.11. The lowest BCUT2D eigenvalue weighted by Crippen LogP contribution is -2.23. The molecule has 1 atom stereocenters. The second kappa shape index (κ2) is 8.39. The van der Waals surface area contributed by atoms with Gasteiger partial charge in [-0.1, -0.05) is 6.07 Å². The molecule has 25 heavy (non-hydrogen) atoms. The lowest BCUT2D eigenvalue weighted by Gasteiger charge is -2.14. The molecule has 1 aliphatic rings. The van der Waals surface area contributed by atoms with Gasteiger partial charge in [-0.25, -0.2) is 13.2 Å². The van der Waals surface area contributed by atoms with Crippen molar-refractivity contribution in [3.63, 3.8) is 0 Å². The quantitative estimate of drug-likeness (QED) is 0.799. The van der Waals surface area contributed by atoms with Gasteiger partial charge in [0.25, 0.3) is 0 Å². The number of ether oxygens (including phenoxy) is 1. The van der Waals surface area contributed by atoms with Gasteiger partial charge in [0.05, 0.1) is 6.61 Å². The molecule has 0 radical (unpaired) electrons. The van der Waals surface area contributed by atoms with Crippen molar-refractivity contribution in [1.82, 2.24) is 5.32 Å². The molecule has 0 spiro atoms. The van der Waals surface area contributed by atoms with Gasteiger partial charge in [-0.15, -0.1) is 0 Å². The van der Waals surface area contributed by atoms with E-state index < -0.39 is 11.6 Å². The molecule has 0 aromatic heterocycles. The molecule has 0 amide bonds. The van der Waals surface area contributed by atoms with E-state index in [9.17, 15) is 13.2 Å². The molecule has 2 nitrogen and oxygen atoms in total. The molecule has 0 bridgehead atoms. The standard InChI is InChI=1S/C20H22F3NO/c21-16-6-8-20(25-11-9-17-2-1-10-24-17)15(13-16)5-3-14-4-7-18(22)19(23)12-14/h4,6-8,12-13,17,24H,1-3,5,9-11H2. The van der Waals surface area contributed by atoms with Gasteiger partial charge in [0.1, 0.15) is 11.6 Å². The molecule has 1 heterocycles. The van der Waals surface area contributed by atoms with Gasteiger partial charge in [-0.2, -0.15) is 0 Å². The van der Waals surface area contributed by atoms with Gasteiger partial charge in [-0.3, -0.25) is 0 Å². The third kappa shape index (κ3) is 4.98. The fourth-order valence-electron chi connectivity index (χ4n) is 3.17. The van der Waals surface area contributed by atoms with Crippen LogP contribution in [0, 0.1) is 17.5 Å². The molecule has 1 N–H and O–H groups in total. The van der Waals surface area contributed by atoms with Gasteiger partial charge in [0.15, 0.2) is 11.6 Å². The topological polar surface area (TPSA) is 21.3 Å². The molecule has 1 unspecified atom stereocenters. The first-order valence-electron chi connectivity index (χ1n) is 8.70. The van der Waals surface area contributed by atoms with Crippen LogP contribution in [0.15, 0.2) is 36.4 Å². The number of hydrogen-bond acceptors (Lipinski definition) is 2. The van der Waals surface area contributed by atoms with Gasteiger partial charge in [-0.05, 0) is 80.1 Å². The summed E-state index contributed by atoms with van der Waals surface area (Å²) in [5.41, 5.74) is 1.41. The van der Waals surface area contributed by atoms with Crippen LogP contribution in [0.2, 0.25) is 0 Å². The van der Waals surface area contributed by atoms with E-state index in [2.05, 4.69) is 5.32 Å².